The number of thiazole rings is 1. The molecular weight excluding hydrogens is 458 g/mol. The Kier molecular flexibility index (Phi) is 9.78. The number of amides is 2. The Labute approximate surface area is 203 Å². The minimum atomic E-state index is -0.375. The van der Waals surface area contributed by atoms with Gasteiger partial charge in [-0.05, 0) is 24.2 Å². The number of benzene rings is 1. The third-order valence-corrected chi connectivity index (χ3v) is 6.52. The summed E-state index contributed by atoms with van der Waals surface area (Å²) in [6.45, 7) is 6.21. The molecule has 3 N–H and O–H groups in total. The van der Waals surface area contributed by atoms with Gasteiger partial charge in [0, 0.05) is 52.3 Å². The van der Waals surface area contributed by atoms with E-state index in [1.807, 2.05) is 13.0 Å². The van der Waals surface area contributed by atoms with Crippen LogP contribution in [0.4, 0.5) is 10.8 Å². The second-order valence-electron chi connectivity index (χ2n) is 7.95. The quantitative estimate of drug-likeness (QED) is 0.360. The normalized spacial score (nSPS) is 13.7. The molecule has 1 fully saturated rings. The van der Waals surface area contributed by atoms with Gasteiger partial charge in [-0.2, -0.15) is 0 Å². The maximum atomic E-state index is 12.9. The first-order valence-electron chi connectivity index (χ1n) is 11.3. The lowest BCUT2D eigenvalue weighted by Gasteiger charge is -2.37. The van der Waals surface area contributed by atoms with Crippen molar-refractivity contribution < 1.29 is 24.2 Å². The predicted molar refractivity (Wildman–Crippen MR) is 132 cm³/mol. The number of carbonyl (C=O) groups is 2. The maximum Gasteiger partial charge on any atom is 0.275 e. The minimum Gasteiger partial charge on any atom is -0.395 e. The molecule has 0 saturated carbocycles. The fourth-order valence-electron chi connectivity index (χ4n) is 3.54. The Hall–Kier alpha value is -2.57. The van der Waals surface area contributed by atoms with Crippen molar-refractivity contribution in [1.29, 1.82) is 0 Å². The fourth-order valence-corrected chi connectivity index (χ4v) is 4.37. The van der Waals surface area contributed by atoms with E-state index in [4.69, 9.17) is 9.47 Å². The Morgan fingerprint density at radius 2 is 2.09 bits per heavy atom. The summed E-state index contributed by atoms with van der Waals surface area (Å²) in [6, 6.07) is 5.38. The highest BCUT2D eigenvalue weighted by molar-refractivity contribution is 7.14. The van der Waals surface area contributed by atoms with Gasteiger partial charge in [0.25, 0.3) is 11.8 Å². The van der Waals surface area contributed by atoms with E-state index in [0.29, 0.717) is 43.2 Å². The molecule has 0 unspecified atom stereocenters. The first kappa shape index (κ1) is 26.0. The second-order valence-corrected chi connectivity index (χ2v) is 8.79. The molecule has 0 atom stereocenters. The molecule has 186 valence electrons. The van der Waals surface area contributed by atoms with Gasteiger partial charge in [0.05, 0.1) is 30.6 Å². The molecule has 34 heavy (non-hydrogen) atoms. The fraction of sp³-hybridized carbons (Fsp3) is 0.522. The molecule has 11 heteroatoms. The summed E-state index contributed by atoms with van der Waals surface area (Å²) in [6.07, 6.45) is 0.194. The van der Waals surface area contributed by atoms with Gasteiger partial charge < -0.3 is 30.1 Å². The molecule has 10 nitrogen and oxygen atoms in total. The summed E-state index contributed by atoms with van der Waals surface area (Å²) >= 11 is 1.40. The Balaban J connectivity index is 1.75. The third-order valence-electron chi connectivity index (χ3n) is 5.61. The van der Waals surface area contributed by atoms with Crippen molar-refractivity contribution in [1.82, 2.24) is 15.2 Å². The topological polar surface area (TPSA) is 116 Å². The Morgan fingerprint density at radius 3 is 2.76 bits per heavy atom. The molecule has 1 saturated heterocycles. The number of nitrogens with one attached hydrogen (secondary N) is 2. The molecule has 1 aromatic carbocycles. The number of hydrogen-bond acceptors (Lipinski definition) is 9. The van der Waals surface area contributed by atoms with Crippen molar-refractivity contribution in [3.8, 4) is 0 Å². The Bertz CT molecular complexity index is 963. The first-order chi connectivity index (χ1) is 16.5. The van der Waals surface area contributed by atoms with Gasteiger partial charge >= 0.3 is 0 Å². The zero-order chi connectivity index (χ0) is 24.5. The number of aliphatic hydroxyl groups is 1. The Morgan fingerprint density at radius 1 is 1.29 bits per heavy atom. The number of anilines is 2. The number of hydrogen-bond donors (Lipinski definition) is 3. The standard InChI is InChI=1S/C23H33N5O5S/c1-4-27(8-9-29)12-16-5-6-19(18(11-16)21(30)24-7-10-32-2)25-22(31)20-15-34-23(26-20)28-13-17(14-28)33-3/h5-6,11,15,17,29H,4,7-10,12-14H2,1-3H3,(H,24,30)(H,25,31). The smallest absolute Gasteiger partial charge is 0.275 e. The third kappa shape index (κ3) is 6.73. The van der Waals surface area contributed by atoms with Crippen molar-refractivity contribution in [3.05, 3.63) is 40.4 Å². The lowest BCUT2D eigenvalue weighted by atomic mass is 10.1. The number of aromatic nitrogens is 1. The monoisotopic (exact) mass is 491 g/mol. The van der Waals surface area contributed by atoms with E-state index in [1.54, 1.807) is 31.7 Å². The highest BCUT2D eigenvalue weighted by Crippen LogP contribution is 2.27. The van der Waals surface area contributed by atoms with Crippen LogP contribution in [0.25, 0.3) is 0 Å². The summed E-state index contributed by atoms with van der Waals surface area (Å²) < 4.78 is 10.3. The number of aliphatic hydroxyl groups excluding tert-OH is 1. The minimum absolute atomic E-state index is 0.0610. The van der Waals surface area contributed by atoms with Gasteiger partial charge in [0.15, 0.2) is 5.13 Å². The van der Waals surface area contributed by atoms with Crippen LogP contribution in [0.1, 0.15) is 33.3 Å². The molecule has 1 aliphatic heterocycles. The molecule has 0 spiro atoms. The van der Waals surface area contributed by atoms with Crippen LogP contribution in [-0.2, 0) is 16.0 Å². The van der Waals surface area contributed by atoms with Gasteiger partial charge in [0.2, 0.25) is 0 Å². The summed E-state index contributed by atoms with van der Waals surface area (Å²) in [5.41, 5.74) is 1.98. The van der Waals surface area contributed by atoms with Crippen molar-refractivity contribution in [2.45, 2.75) is 19.6 Å². The predicted octanol–water partition coefficient (Wildman–Crippen LogP) is 1.42. The van der Waals surface area contributed by atoms with Gasteiger partial charge in [0.1, 0.15) is 5.69 Å². The summed E-state index contributed by atoms with van der Waals surface area (Å²) in [5, 5.41) is 17.4. The number of methoxy groups -OCH3 is 2. The molecule has 0 aliphatic carbocycles. The number of ether oxygens (including phenoxy) is 2. The molecule has 2 heterocycles. The van der Waals surface area contributed by atoms with Crippen LogP contribution in [0.15, 0.2) is 23.6 Å². The van der Waals surface area contributed by atoms with Crippen LogP contribution in [-0.4, -0.2) is 93.1 Å². The highest BCUT2D eigenvalue weighted by atomic mass is 32.1. The van der Waals surface area contributed by atoms with Crippen LogP contribution in [0.3, 0.4) is 0 Å². The number of likely N-dealkylation sites (N-methyl/N-ethyl adjacent to an activating group) is 1. The molecule has 3 rings (SSSR count). The number of rotatable bonds is 13. The van der Waals surface area contributed by atoms with Crippen molar-refractivity contribution in [2.75, 3.05) is 70.4 Å². The first-order valence-corrected chi connectivity index (χ1v) is 12.1. The van der Waals surface area contributed by atoms with E-state index < -0.39 is 0 Å². The van der Waals surface area contributed by atoms with Crippen LogP contribution in [0, 0.1) is 0 Å². The van der Waals surface area contributed by atoms with Crippen LogP contribution in [0.5, 0.6) is 0 Å². The molecule has 2 aromatic rings. The highest BCUT2D eigenvalue weighted by Gasteiger charge is 2.29. The van der Waals surface area contributed by atoms with Gasteiger partial charge in [-0.3, -0.25) is 14.5 Å². The van der Waals surface area contributed by atoms with E-state index in [0.717, 1.165) is 30.3 Å². The molecule has 2 amide bonds. The SMILES string of the molecule is CCN(CCO)Cc1ccc(NC(=O)c2csc(N3CC(OC)C3)n2)c(C(=O)NCCOC)c1. The van der Waals surface area contributed by atoms with Gasteiger partial charge in [-0.15, -0.1) is 11.3 Å². The van der Waals surface area contributed by atoms with Crippen LogP contribution in [0.2, 0.25) is 0 Å². The molecule has 1 aliphatic rings. The second kappa shape index (κ2) is 12.8. The van der Waals surface area contributed by atoms with E-state index >= 15 is 0 Å². The largest absolute Gasteiger partial charge is 0.395 e. The molecule has 1 aromatic heterocycles. The van der Waals surface area contributed by atoms with Crippen molar-refractivity contribution in [2.24, 2.45) is 0 Å². The lowest BCUT2D eigenvalue weighted by molar-refractivity contribution is 0.0787. The molecule has 0 bridgehead atoms. The van der Waals surface area contributed by atoms with E-state index in [2.05, 4.69) is 25.4 Å². The van der Waals surface area contributed by atoms with E-state index in [-0.39, 0.29) is 24.5 Å². The van der Waals surface area contributed by atoms with Gasteiger partial charge in [-0.25, -0.2) is 4.98 Å². The zero-order valence-corrected chi connectivity index (χ0v) is 20.7. The summed E-state index contributed by atoms with van der Waals surface area (Å²) in [7, 11) is 3.25. The molecule has 0 radical (unpaired) electrons. The van der Waals surface area contributed by atoms with Crippen LogP contribution >= 0.6 is 11.3 Å². The lowest BCUT2D eigenvalue weighted by Crippen LogP contribution is -2.51. The maximum absolute atomic E-state index is 12.9. The summed E-state index contributed by atoms with van der Waals surface area (Å²) in [5.74, 6) is -0.676. The number of nitrogens with zero attached hydrogens (tertiary/aromatic N) is 3. The zero-order valence-electron chi connectivity index (χ0n) is 19.9. The number of carbonyl (C=O) groups excluding carboxylic acids is 2. The van der Waals surface area contributed by atoms with Gasteiger partial charge in [-0.1, -0.05) is 13.0 Å². The molecular formula is C23H33N5O5S. The van der Waals surface area contributed by atoms with Crippen molar-refractivity contribution in [3.63, 3.8) is 0 Å². The van der Waals surface area contributed by atoms with E-state index in [9.17, 15) is 14.7 Å². The average Bonchev–Trinajstić information content (AvgIpc) is 3.29. The van der Waals surface area contributed by atoms with E-state index in [1.165, 1.54) is 11.3 Å². The van der Waals surface area contributed by atoms with Crippen LogP contribution < -0.4 is 15.5 Å². The average molecular weight is 492 g/mol. The van der Waals surface area contributed by atoms with Crippen molar-refractivity contribution >= 4 is 34.0 Å². The summed E-state index contributed by atoms with van der Waals surface area (Å²) in [4.78, 5) is 34.4.